The molecule has 0 fully saturated rings. The van der Waals surface area contributed by atoms with Gasteiger partial charge in [-0.25, -0.2) is 4.98 Å². The number of aromatic nitrogens is 3. The third-order valence-electron chi connectivity index (χ3n) is 4.15. The molecule has 0 saturated carbocycles. The zero-order valence-corrected chi connectivity index (χ0v) is 15.5. The lowest BCUT2D eigenvalue weighted by Crippen LogP contribution is -2.37. The second-order valence-corrected chi connectivity index (χ2v) is 7.12. The van der Waals surface area contributed by atoms with Crippen molar-refractivity contribution in [2.75, 3.05) is 0 Å². The van der Waals surface area contributed by atoms with Gasteiger partial charge in [0.2, 0.25) is 5.91 Å². The van der Waals surface area contributed by atoms with Gasteiger partial charge in [0.1, 0.15) is 9.88 Å². The van der Waals surface area contributed by atoms with E-state index in [0.717, 1.165) is 11.3 Å². The fraction of sp³-hybridized carbons (Fsp3) is 0.353. The number of aliphatic imine (C=N–C) groups is 1. The van der Waals surface area contributed by atoms with Gasteiger partial charge in [-0.05, 0) is 31.7 Å². The quantitative estimate of drug-likeness (QED) is 0.693. The smallest absolute Gasteiger partial charge is 0.314 e. The number of allylic oxidation sites excluding steroid dienone is 3. The fourth-order valence-corrected chi connectivity index (χ4v) is 3.57. The highest BCUT2D eigenvalue weighted by atomic mass is 32.1. The Morgan fingerprint density at radius 1 is 1.52 bits per heavy atom. The zero-order valence-electron chi connectivity index (χ0n) is 14.7. The third-order valence-corrected chi connectivity index (χ3v) is 5.12. The summed E-state index contributed by atoms with van der Waals surface area (Å²) in [5.74, 6) is -0.903. The average molecular weight is 393 g/mol. The molecule has 0 saturated heterocycles. The summed E-state index contributed by atoms with van der Waals surface area (Å²) in [4.78, 5) is 22.7. The molecular formula is C17H17F2N5O2S. The van der Waals surface area contributed by atoms with Gasteiger partial charge in [-0.1, -0.05) is 6.92 Å². The van der Waals surface area contributed by atoms with E-state index in [-0.39, 0.29) is 24.3 Å². The lowest BCUT2D eigenvalue weighted by atomic mass is 9.93. The van der Waals surface area contributed by atoms with Crippen LogP contribution >= 0.6 is 11.3 Å². The van der Waals surface area contributed by atoms with Crippen LogP contribution in [0.1, 0.15) is 37.6 Å². The van der Waals surface area contributed by atoms with E-state index in [1.54, 1.807) is 11.1 Å². The van der Waals surface area contributed by atoms with Gasteiger partial charge in [0.05, 0.1) is 12.7 Å². The lowest BCUT2D eigenvalue weighted by Gasteiger charge is -2.32. The number of nitrogens with zero attached hydrogens (tertiary/aromatic N) is 5. The Morgan fingerprint density at radius 3 is 2.96 bits per heavy atom. The fourth-order valence-electron chi connectivity index (χ4n) is 2.74. The maximum atomic E-state index is 12.6. The predicted octanol–water partition coefficient (Wildman–Crippen LogP) is 3.99. The van der Waals surface area contributed by atoms with E-state index in [9.17, 15) is 13.6 Å². The molecule has 27 heavy (non-hydrogen) atoms. The van der Waals surface area contributed by atoms with E-state index in [1.165, 1.54) is 17.5 Å². The van der Waals surface area contributed by atoms with E-state index in [2.05, 4.69) is 26.9 Å². The highest BCUT2D eigenvalue weighted by Crippen LogP contribution is 2.32. The van der Waals surface area contributed by atoms with E-state index >= 15 is 0 Å². The summed E-state index contributed by atoms with van der Waals surface area (Å²) in [5, 5.41) is 7.56. The zero-order chi connectivity index (χ0) is 19.6. The minimum atomic E-state index is -2.82. The van der Waals surface area contributed by atoms with Gasteiger partial charge >= 0.3 is 6.43 Å². The van der Waals surface area contributed by atoms with Crippen LogP contribution in [0.25, 0.3) is 10.8 Å². The van der Waals surface area contributed by atoms with Gasteiger partial charge in [0, 0.05) is 17.8 Å². The number of hydrogen-bond acceptors (Lipinski definition) is 7. The van der Waals surface area contributed by atoms with Crippen LogP contribution in [-0.4, -0.2) is 32.7 Å². The van der Waals surface area contributed by atoms with Gasteiger partial charge in [0.15, 0.2) is 0 Å². The van der Waals surface area contributed by atoms with Crippen molar-refractivity contribution in [2.24, 2.45) is 10.9 Å². The summed E-state index contributed by atoms with van der Waals surface area (Å²) >= 11 is 1.21. The van der Waals surface area contributed by atoms with Crippen LogP contribution in [0.15, 0.2) is 39.2 Å². The van der Waals surface area contributed by atoms with Crippen LogP contribution in [0.4, 0.5) is 8.78 Å². The molecule has 0 spiro atoms. The Labute approximate surface area is 158 Å². The summed E-state index contributed by atoms with van der Waals surface area (Å²) < 4.78 is 30.1. The monoisotopic (exact) mass is 393 g/mol. The number of halogens is 2. The molecule has 7 nitrogen and oxygen atoms in total. The van der Waals surface area contributed by atoms with Gasteiger partial charge < -0.3 is 9.32 Å². The first kappa shape index (κ1) is 19.0. The number of hydrogen-bond donors (Lipinski definition) is 0. The van der Waals surface area contributed by atoms with Crippen LogP contribution in [0.5, 0.6) is 0 Å². The molecule has 3 rings (SSSR count). The molecule has 142 valence electrons. The maximum absolute atomic E-state index is 12.6. The van der Waals surface area contributed by atoms with Crippen LogP contribution in [-0.2, 0) is 11.3 Å². The van der Waals surface area contributed by atoms with Crippen molar-refractivity contribution in [1.82, 2.24) is 20.1 Å². The molecule has 1 amide bonds. The number of thiazole rings is 1. The Kier molecular flexibility index (Phi) is 5.54. The van der Waals surface area contributed by atoms with Crippen LogP contribution in [0.2, 0.25) is 0 Å². The summed E-state index contributed by atoms with van der Waals surface area (Å²) in [6, 6.07) is 0. The van der Waals surface area contributed by atoms with E-state index < -0.39 is 12.3 Å². The first-order chi connectivity index (χ1) is 12.9. The molecule has 0 radical (unpaired) electrons. The van der Waals surface area contributed by atoms with E-state index in [0.29, 0.717) is 16.3 Å². The Hall–Kier alpha value is -2.75. The molecule has 10 heteroatoms. The SMILES string of the molecule is C=N/C=C\C1=C(C)N(Cc2ncc(-c3nnc(C(F)F)o3)s2)C(=O)[C@H](C)C1. The van der Waals surface area contributed by atoms with Crippen molar-refractivity contribution in [3.63, 3.8) is 0 Å². The average Bonchev–Trinajstić information content (AvgIpc) is 3.29. The van der Waals surface area contributed by atoms with Crippen molar-refractivity contribution in [2.45, 2.75) is 33.2 Å². The second-order valence-electron chi connectivity index (χ2n) is 6.00. The standard InChI is InChI=1S/C17H17F2N5O2S/c1-9-6-11(4-5-20-3)10(2)24(17(9)25)8-13-21-7-12(27-13)15-22-23-16(26-15)14(18)19/h4-5,7,9,14H,3,6,8H2,1-2H3/b5-4-/t9-/m1/s1. The predicted molar refractivity (Wildman–Crippen MR) is 96.1 cm³/mol. The summed E-state index contributed by atoms with van der Waals surface area (Å²) in [6.07, 6.45) is 2.72. The Bertz CT molecular complexity index is 918. The highest BCUT2D eigenvalue weighted by Gasteiger charge is 2.30. The Morgan fingerprint density at radius 2 is 2.30 bits per heavy atom. The summed E-state index contributed by atoms with van der Waals surface area (Å²) in [6.45, 7) is 7.43. The number of carbonyl (C=O) groups excluding carboxylic acids is 1. The van der Waals surface area contributed by atoms with Gasteiger partial charge in [0.25, 0.3) is 11.8 Å². The number of rotatable bonds is 6. The number of alkyl halides is 2. The first-order valence-electron chi connectivity index (χ1n) is 8.10. The lowest BCUT2D eigenvalue weighted by molar-refractivity contribution is -0.134. The number of carbonyl (C=O) groups is 1. The van der Waals surface area contributed by atoms with E-state index in [4.69, 9.17) is 4.42 Å². The molecule has 2 aromatic heterocycles. The largest absolute Gasteiger partial charge is 0.414 e. The van der Waals surface area contributed by atoms with Crippen molar-refractivity contribution in [3.05, 3.63) is 40.6 Å². The molecule has 0 N–H and O–H groups in total. The molecular weight excluding hydrogens is 376 g/mol. The maximum Gasteiger partial charge on any atom is 0.314 e. The molecule has 1 aliphatic rings. The molecule has 0 unspecified atom stereocenters. The van der Waals surface area contributed by atoms with Crippen molar-refractivity contribution < 1.29 is 18.0 Å². The van der Waals surface area contributed by atoms with Gasteiger partial charge in [-0.15, -0.1) is 21.5 Å². The second kappa shape index (κ2) is 7.87. The van der Waals surface area contributed by atoms with Crippen LogP contribution < -0.4 is 0 Å². The topological polar surface area (TPSA) is 84.5 Å². The summed E-state index contributed by atoms with van der Waals surface area (Å²) in [7, 11) is 0. The van der Waals surface area contributed by atoms with Crippen molar-refractivity contribution in [3.8, 4) is 10.8 Å². The molecule has 1 aliphatic heterocycles. The van der Waals surface area contributed by atoms with E-state index in [1.807, 2.05) is 19.9 Å². The van der Waals surface area contributed by atoms with Crippen molar-refractivity contribution in [1.29, 1.82) is 0 Å². The van der Waals surface area contributed by atoms with Crippen LogP contribution in [0.3, 0.4) is 0 Å². The summed E-state index contributed by atoms with van der Waals surface area (Å²) in [5.41, 5.74) is 1.83. The molecule has 0 bridgehead atoms. The molecule has 2 aromatic rings. The highest BCUT2D eigenvalue weighted by molar-refractivity contribution is 7.15. The molecule has 1 atom stereocenters. The minimum Gasteiger partial charge on any atom is -0.414 e. The van der Waals surface area contributed by atoms with Gasteiger partial charge in [-0.2, -0.15) is 8.78 Å². The molecule has 0 aromatic carbocycles. The normalized spacial score (nSPS) is 18.2. The van der Waals surface area contributed by atoms with Gasteiger partial charge in [-0.3, -0.25) is 9.79 Å². The first-order valence-corrected chi connectivity index (χ1v) is 8.92. The molecule has 3 heterocycles. The third kappa shape index (κ3) is 4.00. The Balaban J connectivity index is 1.83. The minimum absolute atomic E-state index is 0.00531. The number of amides is 1. The van der Waals surface area contributed by atoms with Crippen LogP contribution in [0, 0.1) is 5.92 Å². The molecule has 0 aliphatic carbocycles. The van der Waals surface area contributed by atoms with Crippen molar-refractivity contribution >= 4 is 24.0 Å².